The van der Waals surface area contributed by atoms with E-state index in [9.17, 15) is 9.59 Å². The second-order valence-corrected chi connectivity index (χ2v) is 9.12. The van der Waals surface area contributed by atoms with Crippen LogP contribution in [0.1, 0.15) is 67.9 Å². The average Bonchev–Trinajstić information content (AvgIpc) is 2.89. The molecule has 5 heteroatoms. The third-order valence-corrected chi connectivity index (χ3v) is 6.73. The summed E-state index contributed by atoms with van der Waals surface area (Å²) in [5.74, 6) is 0.792. The summed E-state index contributed by atoms with van der Waals surface area (Å²) in [6.45, 7) is 4.23. The van der Waals surface area contributed by atoms with Gasteiger partial charge in [-0.2, -0.15) is 0 Å². The highest BCUT2D eigenvalue weighted by Crippen LogP contribution is 2.43. The number of unbranched alkanes of at least 4 members (excludes halogenated alkanes) is 2. The molecule has 0 saturated heterocycles. The number of amides is 2. The minimum Gasteiger partial charge on any atom is -0.497 e. The van der Waals surface area contributed by atoms with Crippen LogP contribution < -0.4 is 14.5 Å². The van der Waals surface area contributed by atoms with Gasteiger partial charge in [0.1, 0.15) is 5.75 Å². The third-order valence-electron chi connectivity index (χ3n) is 6.73. The summed E-state index contributed by atoms with van der Waals surface area (Å²) in [4.78, 5) is 31.0. The number of methoxy groups -OCH3 is 1. The Labute approximate surface area is 208 Å². The van der Waals surface area contributed by atoms with Gasteiger partial charge >= 0.3 is 0 Å². The van der Waals surface area contributed by atoms with Crippen molar-refractivity contribution in [2.75, 3.05) is 16.9 Å². The van der Waals surface area contributed by atoms with Gasteiger partial charge in [0.2, 0.25) is 5.91 Å². The fourth-order valence-electron chi connectivity index (χ4n) is 4.95. The molecule has 35 heavy (non-hydrogen) atoms. The summed E-state index contributed by atoms with van der Waals surface area (Å²) in [6.07, 6.45) is 4.24. The molecule has 0 radical (unpaired) electrons. The molecule has 1 aliphatic heterocycles. The molecule has 0 spiro atoms. The van der Waals surface area contributed by atoms with Gasteiger partial charge in [0.15, 0.2) is 0 Å². The Balaban J connectivity index is 1.74. The van der Waals surface area contributed by atoms with E-state index in [0.717, 1.165) is 36.2 Å². The van der Waals surface area contributed by atoms with Gasteiger partial charge in [-0.25, -0.2) is 0 Å². The number of benzene rings is 3. The normalized spacial score (nSPS) is 16.9. The Hall–Kier alpha value is -3.60. The topological polar surface area (TPSA) is 49.9 Å². The number of carbonyl (C=O) groups is 2. The molecule has 182 valence electrons. The highest BCUT2D eigenvalue weighted by molar-refractivity contribution is 6.07. The first kappa shape index (κ1) is 24.5. The van der Waals surface area contributed by atoms with Gasteiger partial charge in [0, 0.05) is 29.4 Å². The highest BCUT2D eigenvalue weighted by atomic mass is 16.5. The van der Waals surface area contributed by atoms with E-state index >= 15 is 0 Å². The van der Waals surface area contributed by atoms with Gasteiger partial charge in [-0.15, -0.1) is 0 Å². The minimum atomic E-state index is -0.196. The molecule has 0 aromatic heterocycles. The molecule has 0 fully saturated rings. The monoisotopic (exact) mass is 470 g/mol. The highest BCUT2D eigenvalue weighted by Gasteiger charge is 2.38. The summed E-state index contributed by atoms with van der Waals surface area (Å²) >= 11 is 0. The smallest absolute Gasteiger partial charge is 0.258 e. The average molecular weight is 471 g/mol. The maximum Gasteiger partial charge on any atom is 0.258 e. The maximum absolute atomic E-state index is 14.0. The SMILES string of the molecule is CCCCCC(=O)N1c2ccccc2[C@@H](N(C(=O)c2ccc(OC)cc2)c2ccccc2)C[C@@H]1C. The van der Waals surface area contributed by atoms with Crippen LogP contribution in [-0.2, 0) is 4.79 Å². The van der Waals surface area contributed by atoms with Crippen LogP contribution in [0.4, 0.5) is 11.4 Å². The number of hydrogen-bond acceptors (Lipinski definition) is 3. The number of hydrogen-bond donors (Lipinski definition) is 0. The number of ether oxygens (including phenoxy) is 1. The number of carbonyl (C=O) groups excluding carboxylic acids is 2. The Morgan fingerprint density at radius 1 is 0.943 bits per heavy atom. The van der Waals surface area contributed by atoms with E-state index in [1.165, 1.54) is 0 Å². The van der Waals surface area contributed by atoms with Crippen LogP contribution in [0.25, 0.3) is 0 Å². The molecule has 0 saturated carbocycles. The van der Waals surface area contributed by atoms with Crippen molar-refractivity contribution < 1.29 is 14.3 Å². The van der Waals surface area contributed by atoms with Crippen LogP contribution in [-0.4, -0.2) is 25.0 Å². The van der Waals surface area contributed by atoms with Crippen molar-refractivity contribution in [1.29, 1.82) is 0 Å². The number of rotatable bonds is 8. The fraction of sp³-hybridized carbons (Fsp3) is 0.333. The predicted octanol–water partition coefficient (Wildman–Crippen LogP) is 6.79. The predicted molar refractivity (Wildman–Crippen MR) is 141 cm³/mol. The van der Waals surface area contributed by atoms with Gasteiger partial charge < -0.3 is 14.5 Å². The zero-order valence-corrected chi connectivity index (χ0v) is 20.8. The van der Waals surface area contributed by atoms with Crippen LogP contribution in [0.5, 0.6) is 5.75 Å². The Morgan fingerprint density at radius 3 is 2.31 bits per heavy atom. The number of para-hydroxylation sites is 2. The third kappa shape index (κ3) is 5.24. The largest absolute Gasteiger partial charge is 0.497 e. The van der Waals surface area contributed by atoms with Gasteiger partial charge in [-0.05, 0) is 67.8 Å². The summed E-state index contributed by atoms with van der Waals surface area (Å²) in [5.41, 5.74) is 3.34. The first-order valence-electron chi connectivity index (χ1n) is 12.5. The molecule has 0 N–H and O–H groups in total. The molecule has 3 aromatic carbocycles. The lowest BCUT2D eigenvalue weighted by Gasteiger charge is -2.43. The summed E-state index contributed by atoms with van der Waals surface area (Å²) in [7, 11) is 1.61. The van der Waals surface area contributed by atoms with Crippen LogP contribution in [0.2, 0.25) is 0 Å². The maximum atomic E-state index is 14.0. The van der Waals surface area contributed by atoms with Crippen molar-refractivity contribution in [3.05, 3.63) is 90.0 Å². The van der Waals surface area contributed by atoms with Crippen molar-refractivity contribution in [1.82, 2.24) is 0 Å². The van der Waals surface area contributed by atoms with Crippen molar-refractivity contribution in [3.8, 4) is 5.75 Å². The summed E-state index contributed by atoms with van der Waals surface area (Å²) in [5, 5.41) is 0. The van der Waals surface area contributed by atoms with E-state index in [-0.39, 0.29) is 23.9 Å². The van der Waals surface area contributed by atoms with Crippen molar-refractivity contribution in [3.63, 3.8) is 0 Å². The fourth-order valence-corrected chi connectivity index (χ4v) is 4.95. The number of fused-ring (bicyclic) bond motifs is 1. The first-order valence-corrected chi connectivity index (χ1v) is 12.5. The second-order valence-electron chi connectivity index (χ2n) is 9.12. The molecule has 5 nitrogen and oxygen atoms in total. The Kier molecular flexibility index (Phi) is 7.86. The van der Waals surface area contributed by atoms with Gasteiger partial charge in [0.05, 0.1) is 13.2 Å². The lowest BCUT2D eigenvalue weighted by Crippen LogP contribution is -2.47. The summed E-state index contributed by atoms with van der Waals surface area (Å²) < 4.78 is 5.28. The molecule has 2 atom stereocenters. The lowest BCUT2D eigenvalue weighted by molar-refractivity contribution is -0.119. The van der Waals surface area contributed by atoms with Crippen molar-refractivity contribution in [2.45, 2.75) is 58.0 Å². The molecule has 1 heterocycles. The van der Waals surface area contributed by atoms with E-state index in [1.54, 1.807) is 19.2 Å². The van der Waals surface area contributed by atoms with Crippen molar-refractivity contribution >= 4 is 23.2 Å². The number of nitrogens with zero attached hydrogens (tertiary/aromatic N) is 2. The standard InChI is InChI=1S/C30H34N2O3/c1-4-5-7-16-29(33)31-22(2)21-28(26-14-10-11-15-27(26)31)32(24-12-8-6-9-13-24)30(34)23-17-19-25(35-3)20-18-23/h6,8-15,17-20,22,28H,4-5,7,16,21H2,1-3H3/t22-,28-/m0/s1. The van der Waals surface area contributed by atoms with Crippen LogP contribution in [0.3, 0.4) is 0 Å². The van der Waals surface area contributed by atoms with E-state index in [2.05, 4.69) is 19.9 Å². The zero-order chi connectivity index (χ0) is 24.8. The number of anilines is 2. The molecule has 2 amide bonds. The van der Waals surface area contributed by atoms with Crippen LogP contribution in [0.15, 0.2) is 78.9 Å². The molecule has 0 bridgehead atoms. The Morgan fingerprint density at radius 2 is 1.63 bits per heavy atom. The minimum absolute atomic E-state index is 0.0288. The lowest BCUT2D eigenvalue weighted by atomic mass is 9.89. The van der Waals surface area contributed by atoms with E-state index in [1.807, 2.05) is 70.5 Å². The molecule has 1 aliphatic rings. The van der Waals surface area contributed by atoms with E-state index in [0.29, 0.717) is 24.2 Å². The van der Waals surface area contributed by atoms with Gasteiger partial charge in [-0.3, -0.25) is 9.59 Å². The molecule has 4 rings (SSSR count). The molecule has 0 unspecified atom stereocenters. The van der Waals surface area contributed by atoms with Gasteiger partial charge in [-0.1, -0.05) is 56.2 Å². The second kappa shape index (κ2) is 11.2. The first-order chi connectivity index (χ1) is 17.0. The molecular weight excluding hydrogens is 436 g/mol. The quantitative estimate of drug-likeness (QED) is 0.341. The Bertz CT molecular complexity index is 1140. The van der Waals surface area contributed by atoms with Crippen LogP contribution >= 0.6 is 0 Å². The van der Waals surface area contributed by atoms with Crippen LogP contribution in [0, 0.1) is 0 Å². The van der Waals surface area contributed by atoms with Gasteiger partial charge in [0.25, 0.3) is 5.91 Å². The zero-order valence-electron chi connectivity index (χ0n) is 20.8. The molecular formula is C30H34N2O3. The molecule has 3 aromatic rings. The van der Waals surface area contributed by atoms with E-state index in [4.69, 9.17) is 4.74 Å². The van der Waals surface area contributed by atoms with Crippen molar-refractivity contribution in [2.24, 2.45) is 0 Å². The molecule has 0 aliphatic carbocycles. The summed E-state index contributed by atoms with van der Waals surface area (Å²) in [6, 6.07) is 24.8. The van der Waals surface area contributed by atoms with E-state index < -0.39 is 0 Å².